The summed E-state index contributed by atoms with van der Waals surface area (Å²) in [5.41, 5.74) is 2.92. The first-order valence-electron chi connectivity index (χ1n) is 8.79. The standard InChI is InChI=1S/C19H25Cl2N5O/c1-4-22-19(24-12-16-11-17(20)18(21)26(16)3)23-10-9-14-5-7-15(8-6-14)25-13(2)27/h5-8,11H,4,9-10,12H2,1-3H3,(H,25,27)(H2,22,23,24). The maximum atomic E-state index is 11.1. The topological polar surface area (TPSA) is 70.5 Å². The largest absolute Gasteiger partial charge is 0.357 e. The first-order chi connectivity index (χ1) is 12.9. The zero-order valence-electron chi connectivity index (χ0n) is 15.8. The second-order valence-electron chi connectivity index (χ2n) is 6.08. The van der Waals surface area contributed by atoms with Crippen LogP contribution in [0.1, 0.15) is 25.1 Å². The Labute approximate surface area is 170 Å². The number of hydrogen-bond donors (Lipinski definition) is 3. The lowest BCUT2D eigenvalue weighted by Crippen LogP contribution is -2.38. The number of carbonyl (C=O) groups excluding carboxylic acids is 1. The quantitative estimate of drug-likeness (QED) is 0.483. The van der Waals surface area contributed by atoms with Crippen LogP contribution in [0.25, 0.3) is 0 Å². The summed E-state index contributed by atoms with van der Waals surface area (Å²) in [6.07, 6.45) is 0.840. The van der Waals surface area contributed by atoms with E-state index >= 15 is 0 Å². The molecule has 0 aliphatic rings. The molecule has 3 N–H and O–H groups in total. The maximum Gasteiger partial charge on any atom is 0.221 e. The van der Waals surface area contributed by atoms with E-state index in [1.807, 2.05) is 48.9 Å². The van der Waals surface area contributed by atoms with E-state index in [-0.39, 0.29) is 5.91 Å². The van der Waals surface area contributed by atoms with Gasteiger partial charge in [-0.05, 0) is 37.1 Å². The van der Waals surface area contributed by atoms with Gasteiger partial charge in [0.05, 0.1) is 11.6 Å². The van der Waals surface area contributed by atoms with Gasteiger partial charge in [-0.15, -0.1) is 0 Å². The number of guanidine groups is 1. The Balaban J connectivity index is 1.90. The number of halogens is 2. The fourth-order valence-electron chi connectivity index (χ4n) is 2.53. The van der Waals surface area contributed by atoms with Crippen LogP contribution in [0.2, 0.25) is 10.2 Å². The molecule has 146 valence electrons. The molecule has 1 heterocycles. The van der Waals surface area contributed by atoms with Crippen molar-refractivity contribution in [1.29, 1.82) is 0 Å². The lowest BCUT2D eigenvalue weighted by molar-refractivity contribution is -0.114. The molecule has 0 aliphatic carbocycles. The highest BCUT2D eigenvalue weighted by Crippen LogP contribution is 2.25. The van der Waals surface area contributed by atoms with Crippen LogP contribution in [0.4, 0.5) is 5.69 Å². The second kappa shape index (κ2) is 10.2. The zero-order chi connectivity index (χ0) is 19.8. The van der Waals surface area contributed by atoms with Gasteiger partial charge in [-0.1, -0.05) is 35.3 Å². The van der Waals surface area contributed by atoms with Gasteiger partial charge in [0.25, 0.3) is 0 Å². The molecule has 1 aromatic heterocycles. The number of nitrogens with one attached hydrogen (secondary N) is 3. The molecule has 0 spiro atoms. The smallest absolute Gasteiger partial charge is 0.221 e. The van der Waals surface area contributed by atoms with Gasteiger partial charge in [0.2, 0.25) is 5.91 Å². The Morgan fingerprint density at radius 3 is 2.44 bits per heavy atom. The minimum atomic E-state index is -0.0725. The Kier molecular flexibility index (Phi) is 8.00. The SMILES string of the molecule is CCNC(=NCc1cc(Cl)c(Cl)n1C)NCCc1ccc(NC(C)=O)cc1. The molecule has 8 heteroatoms. The number of rotatable bonds is 7. The number of aliphatic imine (C=N–C) groups is 1. The molecule has 27 heavy (non-hydrogen) atoms. The summed E-state index contributed by atoms with van der Waals surface area (Å²) in [6, 6.07) is 9.64. The number of anilines is 1. The van der Waals surface area contributed by atoms with Crippen LogP contribution in [-0.4, -0.2) is 29.5 Å². The third-order valence-corrected chi connectivity index (χ3v) is 4.78. The predicted molar refractivity (Wildman–Crippen MR) is 113 cm³/mol. The maximum absolute atomic E-state index is 11.1. The minimum absolute atomic E-state index is 0.0725. The van der Waals surface area contributed by atoms with Crippen LogP contribution in [0.15, 0.2) is 35.3 Å². The summed E-state index contributed by atoms with van der Waals surface area (Å²) in [6.45, 7) is 5.50. The van der Waals surface area contributed by atoms with E-state index in [0.717, 1.165) is 36.9 Å². The lowest BCUT2D eigenvalue weighted by Gasteiger charge is -2.12. The van der Waals surface area contributed by atoms with Crippen molar-refractivity contribution in [3.8, 4) is 0 Å². The predicted octanol–water partition coefficient (Wildman–Crippen LogP) is 3.59. The highest BCUT2D eigenvalue weighted by atomic mass is 35.5. The van der Waals surface area contributed by atoms with Crippen LogP contribution in [0, 0.1) is 0 Å². The second-order valence-corrected chi connectivity index (χ2v) is 6.85. The molecule has 2 rings (SSSR count). The molecule has 6 nitrogen and oxygen atoms in total. The van der Waals surface area contributed by atoms with Crippen molar-refractivity contribution in [2.45, 2.75) is 26.8 Å². The van der Waals surface area contributed by atoms with Crippen LogP contribution < -0.4 is 16.0 Å². The molecule has 0 bridgehead atoms. The van der Waals surface area contributed by atoms with Gasteiger partial charge in [0.15, 0.2) is 5.96 Å². The lowest BCUT2D eigenvalue weighted by atomic mass is 10.1. The van der Waals surface area contributed by atoms with E-state index in [1.165, 1.54) is 12.5 Å². The molecule has 0 unspecified atom stereocenters. The van der Waals surface area contributed by atoms with Gasteiger partial charge in [-0.25, -0.2) is 4.99 Å². The highest BCUT2D eigenvalue weighted by molar-refractivity contribution is 6.41. The normalized spacial score (nSPS) is 11.4. The van der Waals surface area contributed by atoms with Crippen molar-refractivity contribution in [2.24, 2.45) is 12.0 Å². The van der Waals surface area contributed by atoms with Crippen LogP contribution in [-0.2, 0) is 24.8 Å². The Morgan fingerprint density at radius 2 is 1.89 bits per heavy atom. The van der Waals surface area contributed by atoms with Crippen LogP contribution in [0.5, 0.6) is 0 Å². The average molecular weight is 410 g/mol. The van der Waals surface area contributed by atoms with Crippen molar-refractivity contribution >= 4 is 40.8 Å². The van der Waals surface area contributed by atoms with E-state index in [1.54, 1.807) is 0 Å². The molecule has 0 saturated heterocycles. The van der Waals surface area contributed by atoms with Crippen molar-refractivity contribution in [2.75, 3.05) is 18.4 Å². The summed E-state index contributed by atoms with van der Waals surface area (Å²) in [4.78, 5) is 15.6. The fraction of sp³-hybridized carbons (Fsp3) is 0.368. The zero-order valence-corrected chi connectivity index (χ0v) is 17.3. The van der Waals surface area contributed by atoms with Crippen LogP contribution >= 0.6 is 23.2 Å². The number of aromatic nitrogens is 1. The van der Waals surface area contributed by atoms with Gasteiger partial charge < -0.3 is 20.5 Å². The molecule has 0 fully saturated rings. The van der Waals surface area contributed by atoms with Crippen molar-refractivity contribution < 1.29 is 4.79 Å². The fourth-order valence-corrected chi connectivity index (χ4v) is 2.94. The summed E-state index contributed by atoms with van der Waals surface area (Å²) in [5.74, 6) is 0.664. The number of nitrogens with zero attached hydrogens (tertiary/aromatic N) is 2. The van der Waals surface area contributed by atoms with Gasteiger partial charge in [0, 0.05) is 38.4 Å². The highest BCUT2D eigenvalue weighted by Gasteiger charge is 2.08. The molecule has 1 aromatic carbocycles. The van der Waals surface area contributed by atoms with E-state index < -0.39 is 0 Å². The molecule has 0 radical (unpaired) electrons. The first kappa shape index (κ1) is 21.1. The molecule has 0 saturated carbocycles. The average Bonchev–Trinajstić information content (AvgIpc) is 2.87. The number of hydrogen-bond acceptors (Lipinski definition) is 2. The van der Waals surface area contributed by atoms with Gasteiger partial charge in [0.1, 0.15) is 5.15 Å². The summed E-state index contributed by atoms with van der Waals surface area (Å²) in [7, 11) is 1.87. The van der Waals surface area contributed by atoms with Gasteiger partial charge >= 0.3 is 0 Å². The Bertz CT molecular complexity index is 799. The number of carbonyl (C=O) groups is 1. The van der Waals surface area contributed by atoms with E-state index in [9.17, 15) is 4.79 Å². The molecule has 1 amide bonds. The van der Waals surface area contributed by atoms with Crippen molar-refractivity contribution in [3.05, 3.63) is 51.8 Å². The van der Waals surface area contributed by atoms with E-state index in [0.29, 0.717) is 16.7 Å². The first-order valence-corrected chi connectivity index (χ1v) is 9.54. The van der Waals surface area contributed by atoms with E-state index in [2.05, 4.69) is 20.9 Å². The van der Waals surface area contributed by atoms with Gasteiger partial charge in [-0.2, -0.15) is 0 Å². The third kappa shape index (κ3) is 6.48. The molecule has 2 aromatic rings. The Hall–Kier alpha value is -2.18. The molecular weight excluding hydrogens is 385 g/mol. The van der Waals surface area contributed by atoms with Gasteiger partial charge in [-0.3, -0.25) is 4.79 Å². The number of amides is 1. The van der Waals surface area contributed by atoms with E-state index in [4.69, 9.17) is 23.2 Å². The summed E-state index contributed by atoms with van der Waals surface area (Å²) >= 11 is 12.1. The Morgan fingerprint density at radius 1 is 1.19 bits per heavy atom. The summed E-state index contributed by atoms with van der Waals surface area (Å²) in [5, 5.41) is 10.4. The molecular formula is C19H25Cl2N5O. The minimum Gasteiger partial charge on any atom is -0.357 e. The van der Waals surface area contributed by atoms with Crippen LogP contribution in [0.3, 0.4) is 0 Å². The summed E-state index contributed by atoms with van der Waals surface area (Å²) < 4.78 is 1.83. The monoisotopic (exact) mass is 409 g/mol. The molecule has 0 atom stereocenters. The number of benzene rings is 1. The van der Waals surface area contributed by atoms with Crippen molar-refractivity contribution in [3.63, 3.8) is 0 Å². The third-order valence-electron chi connectivity index (χ3n) is 3.94. The van der Waals surface area contributed by atoms with Crippen molar-refractivity contribution in [1.82, 2.24) is 15.2 Å². The molecule has 0 aliphatic heterocycles.